The fourth-order valence-electron chi connectivity index (χ4n) is 6.84. The summed E-state index contributed by atoms with van der Waals surface area (Å²) in [5, 5.41) is 0. The molecular weight excluding hydrogens is 408 g/mol. The van der Waals surface area contributed by atoms with Crippen LogP contribution in [0.5, 0.6) is 0 Å². The number of nitrogens with zero attached hydrogens (tertiary/aromatic N) is 1. The lowest BCUT2D eigenvalue weighted by Crippen LogP contribution is -2.52. The second kappa shape index (κ2) is 7.82. The van der Waals surface area contributed by atoms with Crippen LogP contribution in [-0.2, 0) is 23.3 Å². The number of likely N-dealkylation sites (tertiary alicyclic amines) is 1. The van der Waals surface area contributed by atoms with Crippen molar-refractivity contribution in [2.75, 3.05) is 20.2 Å². The summed E-state index contributed by atoms with van der Waals surface area (Å²) in [6.07, 6.45) is 3.33. The molecule has 3 aromatic carbocycles. The lowest BCUT2D eigenvalue weighted by atomic mass is 9.74. The number of benzene rings is 3. The number of methoxy groups -OCH3 is 1. The predicted octanol–water partition coefficient (Wildman–Crippen LogP) is 4.74. The summed E-state index contributed by atoms with van der Waals surface area (Å²) in [4.78, 5) is 14.4. The average Bonchev–Trinajstić information content (AvgIpc) is 3.29. The van der Waals surface area contributed by atoms with E-state index in [0.717, 1.165) is 44.5 Å². The van der Waals surface area contributed by atoms with Crippen molar-refractivity contribution in [1.29, 1.82) is 0 Å². The maximum atomic E-state index is 11.8. The molecule has 1 heterocycles. The number of amides is 1. The van der Waals surface area contributed by atoms with Crippen LogP contribution in [0.2, 0.25) is 0 Å². The molecule has 1 aliphatic heterocycles. The van der Waals surface area contributed by atoms with Crippen molar-refractivity contribution in [1.82, 2.24) is 4.90 Å². The maximum Gasteiger partial charge on any atom is 0.248 e. The second-order valence-corrected chi connectivity index (χ2v) is 9.93. The number of nitrogens with two attached hydrogens (primary N) is 1. The van der Waals surface area contributed by atoms with E-state index >= 15 is 0 Å². The van der Waals surface area contributed by atoms with Gasteiger partial charge in [0.25, 0.3) is 0 Å². The Kier molecular flexibility index (Phi) is 4.89. The van der Waals surface area contributed by atoms with Crippen LogP contribution in [0.15, 0.2) is 66.7 Å². The molecule has 6 rings (SSSR count). The van der Waals surface area contributed by atoms with Gasteiger partial charge < -0.3 is 10.5 Å². The van der Waals surface area contributed by atoms with E-state index in [2.05, 4.69) is 53.4 Å². The smallest absolute Gasteiger partial charge is 0.248 e. The maximum absolute atomic E-state index is 11.8. The van der Waals surface area contributed by atoms with Crippen LogP contribution in [0.3, 0.4) is 0 Å². The van der Waals surface area contributed by atoms with Crippen molar-refractivity contribution in [2.24, 2.45) is 17.6 Å². The summed E-state index contributed by atoms with van der Waals surface area (Å²) in [6, 6.07) is 23.5. The Hall–Kier alpha value is -2.95. The fourth-order valence-corrected chi connectivity index (χ4v) is 6.84. The van der Waals surface area contributed by atoms with Gasteiger partial charge in [-0.25, -0.2) is 0 Å². The third-order valence-electron chi connectivity index (χ3n) is 8.23. The monoisotopic (exact) mass is 438 g/mol. The minimum absolute atomic E-state index is 0.332. The van der Waals surface area contributed by atoms with Crippen LogP contribution in [0.1, 0.15) is 45.5 Å². The molecule has 1 amide bonds. The van der Waals surface area contributed by atoms with Gasteiger partial charge in [-0.05, 0) is 64.8 Å². The highest BCUT2D eigenvalue weighted by atomic mass is 16.5. The molecule has 2 bridgehead atoms. The Morgan fingerprint density at radius 3 is 2.48 bits per heavy atom. The lowest BCUT2D eigenvalue weighted by molar-refractivity contribution is -0.120. The highest BCUT2D eigenvalue weighted by molar-refractivity contribution is 5.93. The minimum Gasteiger partial charge on any atom is -0.373 e. The second-order valence-electron chi connectivity index (χ2n) is 9.93. The van der Waals surface area contributed by atoms with Gasteiger partial charge in [-0.15, -0.1) is 0 Å². The molecule has 2 atom stereocenters. The molecule has 1 saturated heterocycles. The molecule has 33 heavy (non-hydrogen) atoms. The van der Waals surface area contributed by atoms with E-state index in [-0.39, 0.29) is 11.5 Å². The molecule has 2 N–H and O–H groups in total. The van der Waals surface area contributed by atoms with E-state index < -0.39 is 0 Å². The van der Waals surface area contributed by atoms with Gasteiger partial charge in [0.2, 0.25) is 5.91 Å². The van der Waals surface area contributed by atoms with Crippen LogP contribution in [0.4, 0.5) is 0 Å². The van der Waals surface area contributed by atoms with Gasteiger partial charge in [0.15, 0.2) is 0 Å². The molecule has 2 fully saturated rings. The van der Waals surface area contributed by atoms with E-state index in [1.165, 1.54) is 27.8 Å². The molecule has 2 aliphatic carbocycles. The van der Waals surface area contributed by atoms with Crippen LogP contribution in [0.25, 0.3) is 11.1 Å². The van der Waals surface area contributed by atoms with Crippen LogP contribution < -0.4 is 5.73 Å². The number of ether oxygens (including phenoxy) is 1. The van der Waals surface area contributed by atoms with Crippen LogP contribution in [-0.4, -0.2) is 31.0 Å². The Morgan fingerprint density at radius 2 is 1.73 bits per heavy atom. The van der Waals surface area contributed by atoms with Gasteiger partial charge in [-0.2, -0.15) is 0 Å². The first kappa shape index (κ1) is 20.6. The topological polar surface area (TPSA) is 55.6 Å². The van der Waals surface area contributed by atoms with Gasteiger partial charge in [-0.1, -0.05) is 54.6 Å². The van der Waals surface area contributed by atoms with Gasteiger partial charge in [0.1, 0.15) is 5.60 Å². The van der Waals surface area contributed by atoms with Crippen molar-refractivity contribution >= 4 is 5.91 Å². The van der Waals surface area contributed by atoms with Crippen molar-refractivity contribution in [3.8, 4) is 11.1 Å². The molecule has 0 aromatic heterocycles. The standard InChI is InChI=1S/C29H30N2O2/c1-33-29(23-7-4-6-21(15-23)28(30)32)24-10-11-25(29)18-31(17-24)16-19-9-12-27-22(13-19)14-20-5-2-3-8-26(20)27/h2-9,12-13,15,24-25H,10-11,14,16-18H2,1H3,(H2,30,32). The van der Waals surface area contributed by atoms with E-state index in [9.17, 15) is 4.79 Å². The first-order valence-corrected chi connectivity index (χ1v) is 12.0. The summed E-state index contributed by atoms with van der Waals surface area (Å²) >= 11 is 0. The summed E-state index contributed by atoms with van der Waals surface area (Å²) in [5.41, 5.74) is 13.9. The minimum atomic E-state index is -0.383. The SMILES string of the molecule is COC1(c2cccc(C(N)=O)c2)C2CCC1CN(Cc1ccc3c(c1)Cc1ccccc1-3)C2. The lowest BCUT2D eigenvalue weighted by Gasteiger charge is -2.47. The molecule has 4 heteroatoms. The van der Waals surface area contributed by atoms with Gasteiger partial charge >= 0.3 is 0 Å². The number of carbonyl (C=O) groups excluding carboxylic acids is 1. The van der Waals surface area contributed by atoms with E-state index in [1.807, 2.05) is 19.2 Å². The quantitative estimate of drug-likeness (QED) is 0.490. The number of rotatable bonds is 5. The Balaban J connectivity index is 1.23. The molecule has 2 unspecified atom stereocenters. The van der Waals surface area contributed by atoms with Gasteiger partial charge in [0.05, 0.1) is 0 Å². The predicted molar refractivity (Wildman–Crippen MR) is 130 cm³/mol. The van der Waals surface area contributed by atoms with Gasteiger partial charge in [0, 0.05) is 44.1 Å². The molecule has 4 nitrogen and oxygen atoms in total. The number of piperidine rings is 1. The molecular formula is C29H30N2O2. The van der Waals surface area contributed by atoms with Crippen molar-refractivity contribution in [2.45, 2.75) is 31.4 Å². The fraction of sp³-hybridized carbons (Fsp3) is 0.345. The highest BCUT2D eigenvalue weighted by Crippen LogP contribution is 2.54. The zero-order valence-corrected chi connectivity index (χ0v) is 19.1. The number of hydrogen-bond donors (Lipinski definition) is 1. The molecule has 168 valence electrons. The summed E-state index contributed by atoms with van der Waals surface area (Å²) in [6.45, 7) is 2.97. The Labute approximate surface area is 195 Å². The molecule has 1 saturated carbocycles. The summed E-state index contributed by atoms with van der Waals surface area (Å²) in [5.74, 6) is 0.428. The largest absolute Gasteiger partial charge is 0.373 e. The average molecular weight is 439 g/mol. The molecule has 0 spiro atoms. The first-order chi connectivity index (χ1) is 16.1. The van der Waals surface area contributed by atoms with Crippen molar-refractivity contribution in [3.63, 3.8) is 0 Å². The highest BCUT2D eigenvalue weighted by Gasteiger charge is 2.55. The third-order valence-corrected chi connectivity index (χ3v) is 8.23. The van der Waals surface area contributed by atoms with Crippen molar-refractivity contribution < 1.29 is 9.53 Å². The van der Waals surface area contributed by atoms with Crippen LogP contribution >= 0.6 is 0 Å². The Morgan fingerprint density at radius 1 is 0.970 bits per heavy atom. The van der Waals surface area contributed by atoms with E-state index in [0.29, 0.717) is 17.4 Å². The number of primary amides is 1. The zero-order valence-electron chi connectivity index (χ0n) is 19.1. The number of hydrogen-bond acceptors (Lipinski definition) is 3. The normalized spacial score (nSPS) is 25.6. The van der Waals surface area contributed by atoms with Crippen molar-refractivity contribution in [3.05, 3.63) is 94.5 Å². The number of carbonyl (C=O) groups is 1. The van der Waals surface area contributed by atoms with Crippen LogP contribution in [0, 0.1) is 11.8 Å². The van der Waals surface area contributed by atoms with Gasteiger partial charge in [-0.3, -0.25) is 9.69 Å². The third kappa shape index (κ3) is 3.24. The Bertz CT molecular complexity index is 1220. The molecule has 3 aliphatic rings. The summed E-state index contributed by atoms with van der Waals surface area (Å²) in [7, 11) is 1.83. The van der Waals surface area contributed by atoms with E-state index in [1.54, 1.807) is 6.07 Å². The molecule has 0 radical (unpaired) electrons. The zero-order chi connectivity index (χ0) is 22.6. The first-order valence-electron chi connectivity index (χ1n) is 12.0. The molecule has 3 aromatic rings. The summed E-state index contributed by atoms with van der Waals surface area (Å²) < 4.78 is 6.30. The number of fused-ring (bicyclic) bond motifs is 5. The van der Waals surface area contributed by atoms with E-state index in [4.69, 9.17) is 10.5 Å².